The normalized spacial score (nSPS) is 15.0. The minimum Gasteiger partial charge on any atom is -0.379 e. The molecule has 1 aliphatic heterocycles. The first-order valence-electron chi connectivity index (χ1n) is 9.76. The van der Waals surface area contributed by atoms with Gasteiger partial charge in [0.25, 0.3) is 0 Å². The Bertz CT molecular complexity index is 1160. The molecule has 0 atom stereocenters. The number of hydrogen-bond acceptors (Lipinski definition) is 9. The van der Waals surface area contributed by atoms with E-state index in [9.17, 15) is 13.2 Å². The van der Waals surface area contributed by atoms with Gasteiger partial charge in [-0.05, 0) is 29.1 Å². The largest absolute Gasteiger partial charge is 0.379 e. The number of benzene rings is 1. The van der Waals surface area contributed by atoms with Crippen molar-refractivity contribution in [3.8, 4) is 10.7 Å². The lowest BCUT2D eigenvalue weighted by molar-refractivity contribution is -0.118. The molecule has 3 heterocycles. The summed E-state index contributed by atoms with van der Waals surface area (Å²) < 4.78 is 33.3. The van der Waals surface area contributed by atoms with E-state index in [1.54, 1.807) is 24.3 Å². The standard InChI is InChI=1S/C19H22N6O4S3/c20-25-18(16-2-1-11-30-16)22-23-19(25)31-13-17(26)21-12-14-3-5-15(6-4-14)32(27,28)24-7-9-29-10-8-24/h1-6,11H,7-10,12-13,20H2,(H,21,26). The molecule has 1 aliphatic rings. The number of rotatable bonds is 8. The SMILES string of the molecule is Nn1c(SCC(=O)NCc2ccc(S(=O)(=O)N3CCOCC3)cc2)nnc1-c1cccs1. The summed E-state index contributed by atoms with van der Waals surface area (Å²) in [5, 5.41) is 13.3. The monoisotopic (exact) mass is 494 g/mol. The molecule has 0 spiro atoms. The van der Waals surface area contributed by atoms with Gasteiger partial charge >= 0.3 is 0 Å². The van der Waals surface area contributed by atoms with Crippen molar-refractivity contribution >= 4 is 39.0 Å². The van der Waals surface area contributed by atoms with Gasteiger partial charge in [0.2, 0.25) is 21.1 Å². The van der Waals surface area contributed by atoms with Crippen molar-refractivity contribution in [3.63, 3.8) is 0 Å². The first-order valence-corrected chi connectivity index (χ1v) is 13.1. The highest BCUT2D eigenvalue weighted by Crippen LogP contribution is 2.25. The summed E-state index contributed by atoms with van der Waals surface area (Å²) in [6.45, 7) is 1.79. The van der Waals surface area contributed by atoms with Crippen LogP contribution in [0.4, 0.5) is 0 Å². The van der Waals surface area contributed by atoms with Crippen LogP contribution in [-0.2, 0) is 26.1 Å². The Morgan fingerprint density at radius 2 is 1.94 bits per heavy atom. The summed E-state index contributed by atoms with van der Waals surface area (Å²) in [7, 11) is -3.53. The number of amides is 1. The summed E-state index contributed by atoms with van der Waals surface area (Å²) >= 11 is 2.70. The number of morpholine rings is 1. The number of carbonyl (C=O) groups is 1. The molecule has 3 N–H and O–H groups in total. The third-order valence-electron chi connectivity index (χ3n) is 4.76. The first kappa shape index (κ1) is 22.7. The number of sulfonamides is 1. The molecule has 1 fully saturated rings. The molecule has 2 aromatic heterocycles. The van der Waals surface area contributed by atoms with Crippen LogP contribution in [0.2, 0.25) is 0 Å². The van der Waals surface area contributed by atoms with Crippen LogP contribution < -0.4 is 11.2 Å². The maximum Gasteiger partial charge on any atom is 0.243 e. The van der Waals surface area contributed by atoms with E-state index in [2.05, 4.69) is 15.5 Å². The summed E-state index contributed by atoms with van der Waals surface area (Å²) in [6, 6.07) is 10.3. The van der Waals surface area contributed by atoms with Crippen LogP contribution in [0.1, 0.15) is 5.56 Å². The Kier molecular flexibility index (Phi) is 7.10. The van der Waals surface area contributed by atoms with E-state index >= 15 is 0 Å². The van der Waals surface area contributed by atoms with Gasteiger partial charge in [-0.15, -0.1) is 21.5 Å². The number of thioether (sulfide) groups is 1. The van der Waals surface area contributed by atoms with Gasteiger partial charge in [-0.3, -0.25) is 4.79 Å². The second-order valence-corrected chi connectivity index (χ2v) is 10.7. The van der Waals surface area contributed by atoms with E-state index in [0.29, 0.717) is 37.3 Å². The zero-order valence-corrected chi connectivity index (χ0v) is 19.5. The lowest BCUT2D eigenvalue weighted by atomic mass is 10.2. The molecule has 3 aromatic rings. The Hall–Kier alpha value is -2.45. The molecule has 13 heteroatoms. The number of nitrogens with two attached hydrogens (primary N) is 1. The van der Waals surface area contributed by atoms with Crippen molar-refractivity contribution in [2.75, 3.05) is 37.9 Å². The molecule has 0 radical (unpaired) electrons. The van der Waals surface area contributed by atoms with E-state index in [1.807, 2.05) is 17.5 Å². The highest BCUT2D eigenvalue weighted by molar-refractivity contribution is 7.99. The zero-order chi connectivity index (χ0) is 22.6. The van der Waals surface area contributed by atoms with Crippen molar-refractivity contribution in [1.29, 1.82) is 0 Å². The Balaban J connectivity index is 1.28. The van der Waals surface area contributed by atoms with E-state index in [-0.39, 0.29) is 23.1 Å². The van der Waals surface area contributed by atoms with Gasteiger partial charge in [0.15, 0.2) is 5.82 Å². The fourth-order valence-corrected chi connectivity index (χ4v) is 5.85. The van der Waals surface area contributed by atoms with Gasteiger partial charge in [0, 0.05) is 19.6 Å². The lowest BCUT2D eigenvalue weighted by Crippen LogP contribution is -2.40. The molecular formula is C19H22N6O4S3. The van der Waals surface area contributed by atoms with Crippen molar-refractivity contribution < 1.29 is 17.9 Å². The van der Waals surface area contributed by atoms with Crippen molar-refractivity contribution in [2.24, 2.45) is 0 Å². The third-order valence-corrected chi connectivity index (χ3v) is 8.48. The summed E-state index contributed by atoms with van der Waals surface area (Å²) in [5.74, 6) is 6.52. The van der Waals surface area contributed by atoms with Gasteiger partial charge in [-0.2, -0.15) is 4.31 Å². The second-order valence-electron chi connectivity index (χ2n) is 6.88. The van der Waals surface area contributed by atoms with Crippen LogP contribution in [0.5, 0.6) is 0 Å². The summed E-state index contributed by atoms with van der Waals surface area (Å²) in [5.41, 5.74) is 0.797. The molecule has 0 aliphatic carbocycles. The van der Waals surface area contributed by atoms with Crippen molar-refractivity contribution in [2.45, 2.75) is 16.6 Å². The molecule has 1 amide bonds. The Morgan fingerprint density at radius 3 is 2.62 bits per heavy atom. The van der Waals surface area contributed by atoms with E-state index in [0.717, 1.165) is 10.4 Å². The quantitative estimate of drug-likeness (QED) is 0.352. The molecule has 10 nitrogen and oxygen atoms in total. The number of carbonyl (C=O) groups excluding carboxylic acids is 1. The predicted molar refractivity (Wildman–Crippen MR) is 122 cm³/mol. The number of nitrogens with zero attached hydrogens (tertiary/aromatic N) is 4. The van der Waals surface area contributed by atoms with Crippen molar-refractivity contribution in [1.82, 2.24) is 24.5 Å². The maximum atomic E-state index is 12.7. The molecule has 0 unspecified atom stereocenters. The highest BCUT2D eigenvalue weighted by Gasteiger charge is 2.26. The Morgan fingerprint density at radius 1 is 1.19 bits per heavy atom. The molecule has 170 valence electrons. The van der Waals surface area contributed by atoms with Crippen molar-refractivity contribution in [3.05, 3.63) is 47.3 Å². The molecule has 1 saturated heterocycles. The fraction of sp³-hybridized carbons (Fsp3) is 0.316. The smallest absolute Gasteiger partial charge is 0.243 e. The predicted octanol–water partition coefficient (Wildman–Crippen LogP) is 1.15. The van der Waals surface area contributed by atoms with E-state index in [4.69, 9.17) is 10.6 Å². The van der Waals surface area contributed by atoms with Crippen LogP contribution >= 0.6 is 23.1 Å². The number of hydrogen-bond donors (Lipinski definition) is 2. The van der Waals surface area contributed by atoms with Crippen LogP contribution in [0.3, 0.4) is 0 Å². The summed E-state index contributed by atoms with van der Waals surface area (Å²) in [6.07, 6.45) is 0. The number of ether oxygens (including phenoxy) is 1. The van der Waals surface area contributed by atoms with Gasteiger partial charge < -0.3 is 15.9 Å². The second kappa shape index (κ2) is 10.0. The molecular weight excluding hydrogens is 472 g/mol. The average Bonchev–Trinajstić information content (AvgIpc) is 3.47. The van der Waals surface area contributed by atoms with Crippen LogP contribution in [0.25, 0.3) is 10.7 Å². The summed E-state index contributed by atoms with van der Waals surface area (Å²) in [4.78, 5) is 13.4. The van der Waals surface area contributed by atoms with Crippen LogP contribution in [0, 0.1) is 0 Å². The number of nitrogens with one attached hydrogen (secondary N) is 1. The van der Waals surface area contributed by atoms with E-state index < -0.39 is 10.0 Å². The Labute approximate surface area is 193 Å². The molecule has 4 rings (SSSR count). The highest BCUT2D eigenvalue weighted by atomic mass is 32.2. The maximum absolute atomic E-state index is 12.7. The number of nitrogen functional groups attached to an aromatic ring is 1. The van der Waals surface area contributed by atoms with Crippen LogP contribution in [0.15, 0.2) is 51.8 Å². The average molecular weight is 495 g/mol. The minimum absolute atomic E-state index is 0.128. The molecule has 32 heavy (non-hydrogen) atoms. The van der Waals surface area contributed by atoms with Gasteiger partial charge in [0.1, 0.15) is 0 Å². The van der Waals surface area contributed by atoms with Gasteiger partial charge in [-0.1, -0.05) is 30.0 Å². The van der Waals surface area contributed by atoms with Gasteiger partial charge in [0.05, 0.1) is 28.7 Å². The number of thiophene rings is 1. The number of aromatic nitrogens is 3. The third kappa shape index (κ3) is 5.13. The molecule has 0 bridgehead atoms. The molecule has 1 aromatic carbocycles. The van der Waals surface area contributed by atoms with E-state index in [1.165, 1.54) is 32.1 Å². The zero-order valence-electron chi connectivity index (χ0n) is 17.0. The van der Waals surface area contributed by atoms with Gasteiger partial charge in [-0.25, -0.2) is 13.1 Å². The lowest BCUT2D eigenvalue weighted by Gasteiger charge is -2.26. The fourth-order valence-electron chi connectivity index (χ4n) is 3.05. The van der Waals surface area contributed by atoms with Crippen LogP contribution in [-0.4, -0.2) is 65.6 Å². The minimum atomic E-state index is -3.53. The first-order chi connectivity index (χ1) is 15.4. The molecule has 0 saturated carbocycles. The topological polar surface area (TPSA) is 132 Å².